The first-order valence-corrected chi connectivity index (χ1v) is 11.4. The normalized spacial score (nSPS) is 28.7. The van der Waals surface area contributed by atoms with Crippen molar-refractivity contribution in [2.45, 2.75) is 84.1 Å². The van der Waals surface area contributed by atoms with Crippen molar-refractivity contribution < 1.29 is 4.79 Å². The SMILES string of the molecule is CC1(C)[C@H]2CC[C@@H](CC(=O)CCCc3nc4cccnc4n3C3CCC3)[C@@H]1C2. The van der Waals surface area contributed by atoms with E-state index in [1.807, 2.05) is 12.3 Å². The van der Waals surface area contributed by atoms with Crippen LogP contribution in [0.3, 0.4) is 0 Å². The van der Waals surface area contributed by atoms with Gasteiger partial charge in [0.2, 0.25) is 0 Å². The fraction of sp³-hybridized carbons (Fsp3) is 0.708. The molecular formula is C24H33N3O. The van der Waals surface area contributed by atoms with E-state index in [1.54, 1.807) is 0 Å². The van der Waals surface area contributed by atoms with Crippen LogP contribution in [0.2, 0.25) is 0 Å². The van der Waals surface area contributed by atoms with Crippen LogP contribution < -0.4 is 0 Å². The summed E-state index contributed by atoms with van der Waals surface area (Å²) in [5.41, 5.74) is 2.50. The molecule has 0 saturated heterocycles. The molecule has 0 radical (unpaired) electrons. The molecule has 0 aliphatic heterocycles. The zero-order valence-corrected chi connectivity index (χ0v) is 17.4. The molecule has 28 heavy (non-hydrogen) atoms. The lowest BCUT2D eigenvalue weighted by Crippen LogP contribution is -2.52. The fourth-order valence-corrected chi connectivity index (χ4v) is 6.23. The van der Waals surface area contributed by atoms with E-state index in [2.05, 4.69) is 29.5 Å². The van der Waals surface area contributed by atoms with E-state index in [4.69, 9.17) is 4.98 Å². The number of carbonyl (C=O) groups excluding carboxylic acids is 1. The summed E-state index contributed by atoms with van der Waals surface area (Å²) >= 11 is 0. The van der Waals surface area contributed by atoms with Gasteiger partial charge in [-0.25, -0.2) is 9.97 Å². The van der Waals surface area contributed by atoms with Crippen molar-refractivity contribution in [3.8, 4) is 0 Å². The number of nitrogens with zero attached hydrogens (tertiary/aromatic N) is 3. The van der Waals surface area contributed by atoms with Gasteiger partial charge in [-0.2, -0.15) is 0 Å². The third kappa shape index (κ3) is 3.00. The Kier molecular flexibility index (Phi) is 4.56. The lowest BCUT2D eigenvalue weighted by molar-refractivity contribution is -0.131. The highest BCUT2D eigenvalue weighted by Crippen LogP contribution is 2.62. The highest BCUT2D eigenvalue weighted by atomic mass is 16.1. The number of Topliss-reactive ketones (excluding diaryl/α,β-unsaturated/α-hetero) is 1. The lowest BCUT2D eigenvalue weighted by atomic mass is 9.45. The highest BCUT2D eigenvalue weighted by molar-refractivity contribution is 5.78. The molecule has 4 nitrogen and oxygen atoms in total. The second kappa shape index (κ2) is 6.96. The molecule has 6 rings (SSSR count). The van der Waals surface area contributed by atoms with Gasteiger partial charge in [-0.05, 0) is 80.2 Å². The van der Waals surface area contributed by atoms with Crippen molar-refractivity contribution in [2.24, 2.45) is 23.2 Å². The van der Waals surface area contributed by atoms with Gasteiger partial charge in [-0.3, -0.25) is 4.79 Å². The van der Waals surface area contributed by atoms with Gasteiger partial charge in [0.25, 0.3) is 0 Å². The third-order valence-corrected chi connectivity index (χ3v) is 8.31. The topological polar surface area (TPSA) is 47.8 Å². The van der Waals surface area contributed by atoms with Crippen molar-refractivity contribution in [2.75, 3.05) is 0 Å². The molecule has 2 heterocycles. The summed E-state index contributed by atoms with van der Waals surface area (Å²) < 4.78 is 2.36. The molecule has 4 aliphatic rings. The summed E-state index contributed by atoms with van der Waals surface area (Å²) in [6, 6.07) is 4.58. The number of fused-ring (bicyclic) bond motifs is 3. The van der Waals surface area contributed by atoms with E-state index in [0.717, 1.165) is 48.1 Å². The number of pyridine rings is 1. The zero-order valence-electron chi connectivity index (χ0n) is 17.4. The van der Waals surface area contributed by atoms with Crippen LogP contribution in [0.4, 0.5) is 0 Å². The number of rotatable bonds is 7. The Bertz CT molecular complexity index is 877. The second-order valence-electron chi connectivity index (χ2n) is 10.1. The standard InChI is InChI=1S/C24H33N3O/c1-24(2)17-12-11-16(20(24)15-17)14-19(28)8-4-10-22-26-21-9-5-13-25-23(21)27(22)18-6-3-7-18/h5,9,13,16-18,20H,3-4,6-8,10-12,14-15H2,1-2H3/t16-,17-,20-/m0/s1. The molecule has 2 aromatic heterocycles. The first-order chi connectivity index (χ1) is 13.5. The molecule has 4 fully saturated rings. The summed E-state index contributed by atoms with van der Waals surface area (Å²) in [5.74, 6) is 3.93. The number of aryl methyl sites for hydroxylation is 1. The maximum atomic E-state index is 12.7. The smallest absolute Gasteiger partial charge is 0.160 e. The fourth-order valence-electron chi connectivity index (χ4n) is 6.23. The number of aromatic nitrogens is 3. The second-order valence-corrected chi connectivity index (χ2v) is 10.1. The molecule has 4 aliphatic carbocycles. The minimum absolute atomic E-state index is 0.468. The minimum atomic E-state index is 0.468. The monoisotopic (exact) mass is 379 g/mol. The van der Waals surface area contributed by atoms with Gasteiger partial charge >= 0.3 is 0 Å². The van der Waals surface area contributed by atoms with Crippen LogP contribution in [0.1, 0.15) is 83.5 Å². The Morgan fingerprint density at radius 3 is 2.82 bits per heavy atom. The van der Waals surface area contributed by atoms with Crippen LogP contribution in [0.5, 0.6) is 0 Å². The number of carbonyl (C=O) groups is 1. The molecule has 2 aromatic rings. The largest absolute Gasteiger partial charge is 0.310 e. The molecule has 0 aromatic carbocycles. The van der Waals surface area contributed by atoms with E-state index in [0.29, 0.717) is 29.6 Å². The maximum absolute atomic E-state index is 12.7. The van der Waals surface area contributed by atoms with Crippen LogP contribution in [0.15, 0.2) is 18.3 Å². The van der Waals surface area contributed by atoms with Crippen molar-refractivity contribution in [3.63, 3.8) is 0 Å². The van der Waals surface area contributed by atoms with Crippen LogP contribution in [0.25, 0.3) is 11.2 Å². The summed E-state index contributed by atoms with van der Waals surface area (Å²) in [5, 5.41) is 0. The number of hydrogen-bond acceptors (Lipinski definition) is 3. The zero-order chi connectivity index (χ0) is 19.3. The van der Waals surface area contributed by atoms with Crippen LogP contribution in [-0.2, 0) is 11.2 Å². The average molecular weight is 380 g/mol. The van der Waals surface area contributed by atoms with Crippen molar-refractivity contribution >= 4 is 16.9 Å². The van der Waals surface area contributed by atoms with Gasteiger partial charge in [0.05, 0.1) is 0 Å². The highest BCUT2D eigenvalue weighted by Gasteiger charge is 2.54. The Labute approximate surface area is 168 Å². The van der Waals surface area contributed by atoms with Crippen LogP contribution >= 0.6 is 0 Å². The molecule has 0 unspecified atom stereocenters. The van der Waals surface area contributed by atoms with Crippen LogP contribution in [0, 0.1) is 23.2 Å². The van der Waals surface area contributed by atoms with Crippen molar-refractivity contribution in [3.05, 3.63) is 24.2 Å². The lowest BCUT2D eigenvalue weighted by Gasteiger charge is -2.60. The van der Waals surface area contributed by atoms with Crippen molar-refractivity contribution in [1.29, 1.82) is 0 Å². The summed E-state index contributed by atoms with van der Waals surface area (Å²) in [7, 11) is 0. The van der Waals surface area contributed by atoms with E-state index in [-0.39, 0.29) is 0 Å². The van der Waals surface area contributed by atoms with Gasteiger partial charge in [-0.1, -0.05) is 13.8 Å². The average Bonchev–Trinajstić information content (AvgIpc) is 2.98. The molecule has 150 valence electrons. The molecule has 0 N–H and O–H groups in total. The summed E-state index contributed by atoms with van der Waals surface area (Å²) in [4.78, 5) is 22.1. The molecule has 2 bridgehead atoms. The minimum Gasteiger partial charge on any atom is -0.310 e. The number of hydrogen-bond donors (Lipinski definition) is 0. The van der Waals surface area contributed by atoms with Gasteiger partial charge in [0.15, 0.2) is 5.65 Å². The Balaban J connectivity index is 1.20. The van der Waals surface area contributed by atoms with Gasteiger partial charge < -0.3 is 4.57 Å². The maximum Gasteiger partial charge on any atom is 0.160 e. The molecule has 4 heteroatoms. The van der Waals surface area contributed by atoms with Crippen LogP contribution in [-0.4, -0.2) is 20.3 Å². The van der Waals surface area contributed by atoms with Gasteiger partial charge in [0.1, 0.15) is 17.1 Å². The molecule has 0 amide bonds. The van der Waals surface area contributed by atoms with E-state index in [1.165, 1.54) is 38.5 Å². The molecular weight excluding hydrogens is 346 g/mol. The Morgan fingerprint density at radius 1 is 1.25 bits per heavy atom. The first-order valence-electron chi connectivity index (χ1n) is 11.4. The van der Waals surface area contributed by atoms with Gasteiger partial charge in [0, 0.05) is 31.5 Å². The Hall–Kier alpha value is -1.71. The number of ketones is 1. The van der Waals surface area contributed by atoms with E-state index < -0.39 is 0 Å². The molecule has 3 atom stereocenters. The third-order valence-electron chi connectivity index (χ3n) is 8.31. The van der Waals surface area contributed by atoms with E-state index in [9.17, 15) is 4.79 Å². The molecule has 4 saturated carbocycles. The predicted octanol–water partition coefficient (Wildman–Crippen LogP) is 5.51. The Morgan fingerprint density at radius 2 is 2.11 bits per heavy atom. The quantitative estimate of drug-likeness (QED) is 0.637. The predicted molar refractivity (Wildman–Crippen MR) is 111 cm³/mol. The molecule has 0 spiro atoms. The van der Waals surface area contributed by atoms with Crippen molar-refractivity contribution in [1.82, 2.24) is 14.5 Å². The first kappa shape index (κ1) is 18.3. The van der Waals surface area contributed by atoms with Gasteiger partial charge in [-0.15, -0.1) is 0 Å². The summed E-state index contributed by atoms with van der Waals surface area (Å²) in [6.07, 6.45) is 12.9. The number of imidazole rings is 1. The summed E-state index contributed by atoms with van der Waals surface area (Å²) in [6.45, 7) is 4.84. The van der Waals surface area contributed by atoms with E-state index >= 15 is 0 Å².